The first kappa shape index (κ1) is 14.3. The third-order valence-electron chi connectivity index (χ3n) is 2.66. The molecule has 0 aliphatic rings. The lowest BCUT2D eigenvalue weighted by Gasteiger charge is -2.14. The van der Waals surface area contributed by atoms with Crippen LogP contribution in [-0.4, -0.2) is 0 Å². The van der Waals surface area contributed by atoms with Crippen LogP contribution in [0.1, 0.15) is 11.1 Å². The molecule has 0 bridgehead atoms. The fourth-order valence-corrected chi connectivity index (χ4v) is 1.70. The van der Waals surface area contributed by atoms with Crippen molar-refractivity contribution in [3.8, 4) is 11.5 Å². The van der Waals surface area contributed by atoms with E-state index in [1.807, 2.05) is 0 Å². The van der Waals surface area contributed by atoms with Crippen molar-refractivity contribution < 1.29 is 22.3 Å². The van der Waals surface area contributed by atoms with Gasteiger partial charge in [-0.25, -0.2) is 4.39 Å². The number of benzene rings is 2. The van der Waals surface area contributed by atoms with Crippen molar-refractivity contribution >= 4 is 0 Å². The molecule has 0 amide bonds. The van der Waals surface area contributed by atoms with Crippen LogP contribution in [0.3, 0.4) is 0 Å². The first-order valence-corrected chi connectivity index (χ1v) is 5.74. The maximum absolute atomic E-state index is 12.8. The number of nitrogens with two attached hydrogens (primary N) is 1. The molecule has 0 fully saturated rings. The van der Waals surface area contributed by atoms with Gasteiger partial charge in [0.25, 0.3) is 0 Å². The van der Waals surface area contributed by atoms with Gasteiger partial charge in [-0.3, -0.25) is 0 Å². The van der Waals surface area contributed by atoms with Crippen LogP contribution in [0.2, 0.25) is 0 Å². The molecule has 2 rings (SSSR count). The predicted molar refractivity (Wildman–Crippen MR) is 65.8 cm³/mol. The molecule has 0 radical (unpaired) electrons. The van der Waals surface area contributed by atoms with E-state index in [2.05, 4.69) is 0 Å². The molecule has 0 saturated carbocycles. The van der Waals surface area contributed by atoms with Crippen LogP contribution in [-0.2, 0) is 12.7 Å². The normalized spacial score (nSPS) is 11.4. The van der Waals surface area contributed by atoms with Crippen molar-refractivity contribution in [2.45, 2.75) is 12.7 Å². The SMILES string of the molecule is NCc1ccc(Oc2ccc(F)cc2)cc1C(F)(F)F. The van der Waals surface area contributed by atoms with Gasteiger partial charge in [-0.05, 0) is 42.0 Å². The van der Waals surface area contributed by atoms with Crippen LogP contribution in [0.5, 0.6) is 11.5 Å². The van der Waals surface area contributed by atoms with E-state index < -0.39 is 17.6 Å². The topological polar surface area (TPSA) is 35.2 Å². The second-order valence-electron chi connectivity index (χ2n) is 4.08. The van der Waals surface area contributed by atoms with Gasteiger partial charge in [-0.1, -0.05) is 6.07 Å². The minimum absolute atomic E-state index is 0.0102. The van der Waals surface area contributed by atoms with Gasteiger partial charge in [0.15, 0.2) is 0 Å². The van der Waals surface area contributed by atoms with E-state index in [-0.39, 0.29) is 23.6 Å². The Morgan fingerprint density at radius 1 is 0.950 bits per heavy atom. The lowest BCUT2D eigenvalue weighted by molar-refractivity contribution is -0.138. The Balaban J connectivity index is 2.31. The van der Waals surface area contributed by atoms with Crippen molar-refractivity contribution in [1.29, 1.82) is 0 Å². The summed E-state index contributed by atoms with van der Waals surface area (Å²) in [5.74, 6) is -0.187. The monoisotopic (exact) mass is 285 g/mol. The molecule has 20 heavy (non-hydrogen) atoms. The van der Waals surface area contributed by atoms with Crippen molar-refractivity contribution in [2.75, 3.05) is 0 Å². The highest BCUT2D eigenvalue weighted by Gasteiger charge is 2.33. The largest absolute Gasteiger partial charge is 0.457 e. The number of rotatable bonds is 3. The van der Waals surface area contributed by atoms with Crippen LogP contribution >= 0.6 is 0 Å². The van der Waals surface area contributed by atoms with Gasteiger partial charge in [0.2, 0.25) is 0 Å². The van der Waals surface area contributed by atoms with E-state index in [9.17, 15) is 17.6 Å². The van der Waals surface area contributed by atoms with E-state index in [0.717, 1.165) is 18.2 Å². The Hall–Kier alpha value is -2.08. The van der Waals surface area contributed by atoms with Gasteiger partial charge in [-0.15, -0.1) is 0 Å². The summed E-state index contributed by atoms with van der Waals surface area (Å²) in [6, 6.07) is 8.52. The molecule has 0 aliphatic heterocycles. The fraction of sp³-hybridized carbons (Fsp3) is 0.143. The van der Waals surface area contributed by atoms with E-state index in [1.54, 1.807) is 0 Å². The number of hydrogen-bond donors (Lipinski definition) is 1. The zero-order valence-corrected chi connectivity index (χ0v) is 10.2. The van der Waals surface area contributed by atoms with Crippen LogP contribution in [0.4, 0.5) is 17.6 Å². The summed E-state index contributed by atoms with van der Waals surface area (Å²) < 4.78 is 56.5. The Bertz CT molecular complexity index is 593. The number of ether oxygens (including phenoxy) is 1. The van der Waals surface area contributed by atoms with Crippen LogP contribution in [0.15, 0.2) is 42.5 Å². The lowest BCUT2D eigenvalue weighted by atomic mass is 10.1. The van der Waals surface area contributed by atoms with E-state index in [4.69, 9.17) is 10.5 Å². The Labute approximate surface area is 112 Å². The second kappa shape index (κ2) is 5.50. The number of alkyl halides is 3. The number of hydrogen-bond acceptors (Lipinski definition) is 2. The van der Waals surface area contributed by atoms with Crippen molar-refractivity contribution in [3.05, 3.63) is 59.4 Å². The number of halogens is 4. The smallest absolute Gasteiger partial charge is 0.416 e. The van der Waals surface area contributed by atoms with Crippen LogP contribution in [0.25, 0.3) is 0 Å². The summed E-state index contributed by atoms with van der Waals surface area (Å²) in [6.07, 6.45) is -4.50. The van der Waals surface area contributed by atoms with Gasteiger partial charge in [0.1, 0.15) is 17.3 Å². The molecule has 106 valence electrons. The molecule has 0 spiro atoms. The average molecular weight is 285 g/mol. The molecule has 2 aromatic carbocycles. The molecule has 0 atom stereocenters. The summed E-state index contributed by atoms with van der Waals surface area (Å²) in [7, 11) is 0. The minimum atomic E-state index is -4.50. The van der Waals surface area contributed by atoms with E-state index in [1.165, 1.54) is 24.3 Å². The molecule has 0 aliphatic carbocycles. The van der Waals surface area contributed by atoms with Crippen molar-refractivity contribution in [3.63, 3.8) is 0 Å². The van der Waals surface area contributed by atoms with Crippen molar-refractivity contribution in [2.24, 2.45) is 5.73 Å². The van der Waals surface area contributed by atoms with E-state index in [0.29, 0.717) is 0 Å². The van der Waals surface area contributed by atoms with Crippen LogP contribution < -0.4 is 10.5 Å². The van der Waals surface area contributed by atoms with Gasteiger partial charge >= 0.3 is 6.18 Å². The predicted octanol–water partition coefficient (Wildman–Crippen LogP) is 4.10. The zero-order valence-electron chi connectivity index (χ0n) is 10.2. The molecule has 2 N–H and O–H groups in total. The zero-order chi connectivity index (χ0) is 14.8. The molecule has 0 aromatic heterocycles. The summed E-state index contributed by atoms with van der Waals surface area (Å²) in [6.45, 7) is -0.217. The first-order chi connectivity index (χ1) is 9.40. The standard InChI is InChI=1S/C14H11F4NO/c15-10-2-5-11(6-3-10)20-12-4-1-9(8-19)13(7-12)14(16,17)18/h1-7H,8,19H2. The Morgan fingerprint density at radius 3 is 2.10 bits per heavy atom. The van der Waals surface area contributed by atoms with Gasteiger partial charge in [0, 0.05) is 6.54 Å². The van der Waals surface area contributed by atoms with Gasteiger partial charge in [0.05, 0.1) is 5.56 Å². The molecular formula is C14H11F4NO. The van der Waals surface area contributed by atoms with Gasteiger partial charge < -0.3 is 10.5 Å². The summed E-state index contributed by atoms with van der Waals surface area (Å²) >= 11 is 0. The summed E-state index contributed by atoms with van der Waals surface area (Å²) in [4.78, 5) is 0. The highest BCUT2D eigenvalue weighted by atomic mass is 19.4. The molecule has 2 nitrogen and oxygen atoms in total. The van der Waals surface area contributed by atoms with E-state index >= 15 is 0 Å². The maximum atomic E-state index is 12.8. The minimum Gasteiger partial charge on any atom is -0.457 e. The highest BCUT2D eigenvalue weighted by molar-refractivity contribution is 5.40. The first-order valence-electron chi connectivity index (χ1n) is 5.74. The summed E-state index contributed by atoms with van der Waals surface area (Å²) in [5.41, 5.74) is 4.44. The van der Waals surface area contributed by atoms with Gasteiger partial charge in [-0.2, -0.15) is 13.2 Å². The molecule has 0 saturated heterocycles. The maximum Gasteiger partial charge on any atom is 0.416 e. The summed E-state index contributed by atoms with van der Waals surface area (Å²) in [5, 5.41) is 0. The molecular weight excluding hydrogens is 274 g/mol. The fourth-order valence-electron chi connectivity index (χ4n) is 1.70. The third-order valence-corrected chi connectivity index (χ3v) is 2.66. The average Bonchev–Trinajstić information content (AvgIpc) is 2.40. The van der Waals surface area contributed by atoms with Crippen molar-refractivity contribution in [1.82, 2.24) is 0 Å². The van der Waals surface area contributed by atoms with Crippen LogP contribution in [0, 0.1) is 5.82 Å². The molecule has 0 heterocycles. The molecule has 6 heteroatoms. The lowest BCUT2D eigenvalue weighted by Crippen LogP contribution is -2.11. The quantitative estimate of drug-likeness (QED) is 0.862. The Kier molecular flexibility index (Phi) is 3.94. The highest BCUT2D eigenvalue weighted by Crippen LogP contribution is 2.35. The second-order valence-corrected chi connectivity index (χ2v) is 4.08. The Morgan fingerprint density at radius 2 is 1.55 bits per heavy atom. The molecule has 0 unspecified atom stereocenters. The molecule has 2 aromatic rings. The third kappa shape index (κ3) is 3.27.